The van der Waals surface area contributed by atoms with Crippen molar-refractivity contribution in [1.82, 2.24) is 0 Å². The lowest BCUT2D eigenvalue weighted by Gasteiger charge is -2.26. The van der Waals surface area contributed by atoms with Gasteiger partial charge in [-0.05, 0) is 40.4 Å². The van der Waals surface area contributed by atoms with Gasteiger partial charge in [0.25, 0.3) is 0 Å². The molecule has 2 nitrogen and oxygen atoms in total. The van der Waals surface area contributed by atoms with Gasteiger partial charge in [0.1, 0.15) is 5.75 Å². The summed E-state index contributed by atoms with van der Waals surface area (Å²) in [6, 6.07) is 9.98. The van der Waals surface area contributed by atoms with Gasteiger partial charge in [-0.1, -0.05) is 18.2 Å². The molecule has 1 aromatic heterocycles. The van der Waals surface area contributed by atoms with Crippen LogP contribution in [-0.2, 0) is 12.0 Å². The van der Waals surface area contributed by atoms with E-state index in [1.807, 2.05) is 31.2 Å². The Balaban J connectivity index is 2.33. The highest BCUT2D eigenvalue weighted by molar-refractivity contribution is 9.10. The minimum atomic E-state index is -0.444. The van der Waals surface area contributed by atoms with Crippen molar-refractivity contribution in [1.29, 1.82) is 0 Å². The van der Waals surface area contributed by atoms with Gasteiger partial charge < -0.3 is 10.5 Å². The number of hydrogen-bond donors (Lipinski definition) is 1. The van der Waals surface area contributed by atoms with Crippen molar-refractivity contribution in [2.75, 3.05) is 7.11 Å². The number of thiophene rings is 1. The molecule has 0 radical (unpaired) electrons. The molecular formula is C14H16BrNOS. The minimum absolute atomic E-state index is 0.444. The molecule has 0 amide bonds. The molecule has 0 saturated heterocycles. The van der Waals surface area contributed by atoms with Crippen molar-refractivity contribution in [2.45, 2.75) is 18.9 Å². The summed E-state index contributed by atoms with van der Waals surface area (Å²) in [5, 5.41) is 2.07. The van der Waals surface area contributed by atoms with E-state index in [1.165, 1.54) is 4.88 Å². The SMILES string of the molecule is COc1ccccc1C(C)(N)Cc1sccc1Br. The van der Waals surface area contributed by atoms with Gasteiger partial charge in [0.05, 0.1) is 7.11 Å². The summed E-state index contributed by atoms with van der Waals surface area (Å²) >= 11 is 5.27. The average Bonchev–Trinajstić information content (AvgIpc) is 2.74. The van der Waals surface area contributed by atoms with Crippen LogP contribution in [0.5, 0.6) is 5.75 Å². The van der Waals surface area contributed by atoms with Crippen LogP contribution < -0.4 is 10.5 Å². The molecule has 2 aromatic rings. The Labute approximate surface area is 120 Å². The molecule has 4 heteroatoms. The molecule has 0 saturated carbocycles. The van der Waals surface area contributed by atoms with Gasteiger partial charge in [-0.2, -0.15) is 0 Å². The summed E-state index contributed by atoms with van der Waals surface area (Å²) in [4.78, 5) is 1.26. The third-order valence-corrected chi connectivity index (χ3v) is 4.87. The highest BCUT2D eigenvalue weighted by atomic mass is 79.9. The van der Waals surface area contributed by atoms with Crippen molar-refractivity contribution in [2.24, 2.45) is 5.73 Å². The zero-order valence-corrected chi connectivity index (χ0v) is 12.8. The first-order chi connectivity index (χ1) is 8.54. The van der Waals surface area contributed by atoms with Crippen LogP contribution in [0.25, 0.3) is 0 Å². The second-order valence-electron chi connectivity index (χ2n) is 4.49. The van der Waals surface area contributed by atoms with E-state index >= 15 is 0 Å². The fourth-order valence-electron chi connectivity index (χ4n) is 2.00. The number of ether oxygens (including phenoxy) is 1. The molecule has 2 N–H and O–H groups in total. The van der Waals surface area contributed by atoms with Crippen LogP contribution in [0.15, 0.2) is 40.2 Å². The van der Waals surface area contributed by atoms with Crippen LogP contribution in [0, 0.1) is 0 Å². The number of benzene rings is 1. The molecule has 0 aliphatic rings. The molecule has 1 unspecified atom stereocenters. The van der Waals surface area contributed by atoms with Gasteiger partial charge in [-0.25, -0.2) is 0 Å². The molecule has 1 heterocycles. The van der Waals surface area contributed by atoms with Gasteiger partial charge in [-0.3, -0.25) is 0 Å². The number of rotatable bonds is 4. The largest absolute Gasteiger partial charge is 0.496 e. The number of halogens is 1. The first-order valence-corrected chi connectivity index (χ1v) is 7.36. The predicted molar refractivity (Wildman–Crippen MR) is 80.3 cm³/mol. The smallest absolute Gasteiger partial charge is 0.123 e. The molecule has 0 fully saturated rings. The zero-order valence-electron chi connectivity index (χ0n) is 10.4. The summed E-state index contributed by atoms with van der Waals surface area (Å²) in [6.07, 6.45) is 0.783. The van der Waals surface area contributed by atoms with Gasteiger partial charge in [0.15, 0.2) is 0 Å². The van der Waals surface area contributed by atoms with Gasteiger partial charge in [0.2, 0.25) is 0 Å². The first-order valence-electron chi connectivity index (χ1n) is 5.69. The first kappa shape index (κ1) is 13.6. The highest BCUT2D eigenvalue weighted by Gasteiger charge is 2.26. The van der Waals surface area contributed by atoms with Crippen molar-refractivity contribution in [3.05, 3.63) is 50.6 Å². The van der Waals surface area contributed by atoms with E-state index in [2.05, 4.69) is 27.4 Å². The fraction of sp³-hybridized carbons (Fsp3) is 0.286. The normalized spacial score (nSPS) is 14.2. The molecule has 1 atom stereocenters. The molecule has 2 rings (SSSR count). The summed E-state index contributed by atoms with van der Waals surface area (Å²) in [5.41, 5.74) is 7.07. The minimum Gasteiger partial charge on any atom is -0.496 e. The van der Waals surface area contributed by atoms with E-state index in [1.54, 1.807) is 18.4 Å². The molecule has 18 heavy (non-hydrogen) atoms. The van der Waals surface area contributed by atoms with Crippen LogP contribution in [0.4, 0.5) is 0 Å². The molecule has 0 bridgehead atoms. The third kappa shape index (κ3) is 2.76. The Hall–Kier alpha value is -0.840. The van der Waals surface area contributed by atoms with E-state index in [9.17, 15) is 0 Å². The van der Waals surface area contributed by atoms with Gasteiger partial charge >= 0.3 is 0 Å². The Morgan fingerprint density at radius 2 is 2.06 bits per heavy atom. The van der Waals surface area contributed by atoms with E-state index in [-0.39, 0.29) is 0 Å². The van der Waals surface area contributed by atoms with Crippen LogP contribution >= 0.6 is 27.3 Å². The summed E-state index contributed by atoms with van der Waals surface area (Å²) in [7, 11) is 1.68. The molecular weight excluding hydrogens is 310 g/mol. The maximum atomic E-state index is 6.48. The number of methoxy groups -OCH3 is 1. The van der Waals surface area contributed by atoms with Crippen LogP contribution in [0.2, 0.25) is 0 Å². The Kier molecular flexibility index (Phi) is 4.10. The van der Waals surface area contributed by atoms with Gasteiger partial charge in [-0.15, -0.1) is 11.3 Å². The fourth-order valence-corrected chi connectivity index (χ4v) is 3.66. The summed E-state index contributed by atoms with van der Waals surface area (Å²) in [6.45, 7) is 2.04. The Morgan fingerprint density at radius 3 is 2.67 bits per heavy atom. The van der Waals surface area contributed by atoms with E-state index in [4.69, 9.17) is 10.5 Å². The second-order valence-corrected chi connectivity index (χ2v) is 6.34. The predicted octanol–water partition coefficient (Wildman–Crippen LogP) is 3.94. The van der Waals surface area contributed by atoms with Crippen LogP contribution in [-0.4, -0.2) is 7.11 Å². The summed E-state index contributed by atoms with van der Waals surface area (Å²) < 4.78 is 6.52. The second kappa shape index (κ2) is 5.43. The topological polar surface area (TPSA) is 35.2 Å². The van der Waals surface area contributed by atoms with Gasteiger partial charge in [0, 0.05) is 26.9 Å². The van der Waals surface area contributed by atoms with E-state index in [0.29, 0.717) is 0 Å². The third-order valence-electron chi connectivity index (χ3n) is 2.94. The molecule has 0 aliphatic carbocycles. The van der Waals surface area contributed by atoms with Crippen molar-refractivity contribution in [3.8, 4) is 5.75 Å². The van der Waals surface area contributed by atoms with E-state index < -0.39 is 5.54 Å². The molecule has 96 valence electrons. The molecule has 1 aromatic carbocycles. The number of para-hydroxylation sites is 1. The lowest BCUT2D eigenvalue weighted by atomic mass is 9.88. The summed E-state index contributed by atoms with van der Waals surface area (Å²) in [5.74, 6) is 0.843. The standard InChI is InChI=1S/C14H16BrNOS/c1-14(16,9-13-11(15)7-8-18-13)10-5-3-4-6-12(10)17-2/h3-8H,9,16H2,1-2H3. The van der Waals surface area contributed by atoms with Crippen molar-refractivity contribution >= 4 is 27.3 Å². The Bertz CT molecular complexity index is 536. The van der Waals surface area contributed by atoms with Crippen LogP contribution in [0.1, 0.15) is 17.4 Å². The zero-order chi connectivity index (χ0) is 13.2. The quantitative estimate of drug-likeness (QED) is 0.924. The van der Waals surface area contributed by atoms with Crippen molar-refractivity contribution < 1.29 is 4.74 Å². The monoisotopic (exact) mass is 325 g/mol. The maximum Gasteiger partial charge on any atom is 0.123 e. The lowest BCUT2D eigenvalue weighted by Crippen LogP contribution is -2.35. The highest BCUT2D eigenvalue weighted by Crippen LogP contribution is 2.34. The van der Waals surface area contributed by atoms with Crippen molar-refractivity contribution in [3.63, 3.8) is 0 Å². The molecule has 0 aliphatic heterocycles. The average molecular weight is 326 g/mol. The molecule has 0 spiro atoms. The van der Waals surface area contributed by atoms with E-state index in [0.717, 1.165) is 22.2 Å². The Morgan fingerprint density at radius 1 is 1.33 bits per heavy atom. The number of hydrogen-bond acceptors (Lipinski definition) is 3. The number of nitrogens with two attached hydrogens (primary N) is 1. The maximum absolute atomic E-state index is 6.48. The lowest BCUT2D eigenvalue weighted by molar-refractivity contribution is 0.387. The van der Waals surface area contributed by atoms with Crippen LogP contribution in [0.3, 0.4) is 0 Å².